The molecule has 1 heterocycles. The summed E-state index contributed by atoms with van der Waals surface area (Å²) >= 11 is 0. The SMILES string of the molecule is COC(=O)c1cc(NC(C)c2nccnc2C)ccc1F. The van der Waals surface area contributed by atoms with E-state index in [1.807, 2.05) is 13.8 Å². The number of halogens is 1. The van der Waals surface area contributed by atoms with Gasteiger partial charge in [-0.05, 0) is 32.0 Å². The van der Waals surface area contributed by atoms with Gasteiger partial charge in [0.2, 0.25) is 0 Å². The minimum absolute atomic E-state index is 0.106. The smallest absolute Gasteiger partial charge is 0.340 e. The molecule has 6 heteroatoms. The molecule has 0 saturated carbocycles. The molecule has 2 rings (SSSR count). The van der Waals surface area contributed by atoms with Crippen LogP contribution in [0.15, 0.2) is 30.6 Å². The van der Waals surface area contributed by atoms with Crippen molar-refractivity contribution in [2.24, 2.45) is 0 Å². The molecular formula is C15H16FN3O2. The summed E-state index contributed by atoms with van der Waals surface area (Å²) in [4.78, 5) is 19.9. The Morgan fingerprint density at radius 1 is 1.33 bits per heavy atom. The summed E-state index contributed by atoms with van der Waals surface area (Å²) in [5.74, 6) is -1.32. The van der Waals surface area contributed by atoms with E-state index in [1.165, 1.54) is 19.2 Å². The van der Waals surface area contributed by atoms with E-state index in [0.717, 1.165) is 11.4 Å². The Hall–Kier alpha value is -2.50. The second-order valence-electron chi connectivity index (χ2n) is 4.58. The Morgan fingerprint density at radius 3 is 2.71 bits per heavy atom. The van der Waals surface area contributed by atoms with Gasteiger partial charge in [-0.25, -0.2) is 9.18 Å². The maximum absolute atomic E-state index is 13.6. The number of ether oxygens (including phenoxy) is 1. The van der Waals surface area contributed by atoms with Crippen molar-refractivity contribution in [1.29, 1.82) is 0 Å². The van der Waals surface area contributed by atoms with Crippen LogP contribution < -0.4 is 5.32 Å². The maximum atomic E-state index is 13.6. The van der Waals surface area contributed by atoms with Gasteiger partial charge in [-0.2, -0.15) is 0 Å². The topological polar surface area (TPSA) is 64.1 Å². The molecule has 1 atom stereocenters. The molecule has 0 radical (unpaired) electrons. The van der Waals surface area contributed by atoms with E-state index in [9.17, 15) is 9.18 Å². The lowest BCUT2D eigenvalue weighted by atomic mass is 10.1. The standard InChI is InChI=1S/C15H16FN3O2/c1-9-14(18-7-6-17-9)10(2)19-11-4-5-13(16)12(8-11)15(20)21-3/h4-8,10,19H,1-3H3. The number of esters is 1. The molecule has 1 aromatic heterocycles. The Labute approximate surface area is 122 Å². The minimum atomic E-state index is -0.709. The molecule has 0 aliphatic carbocycles. The predicted molar refractivity (Wildman–Crippen MR) is 76.5 cm³/mol. The van der Waals surface area contributed by atoms with Crippen LogP contribution in [0, 0.1) is 12.7 Å². The highest BCUT2D eigenvalue weighted by atomic mass is 19.1. The Kier molecular flexibility index (Phi) is 4.47. The Bertz CT molecular complexity index is 661. The van der Waals surface area contributed by atoms with Crippen molar-refractivity contribution >= 4 is 11.7 Å². The number of carbonyl (C=O) groups excluding carboxylic acids is 1. The molecule has 0 spiro atoms. The molecule has 1 N–H and O–H groups in total. The van der Waals surface area contributed by atoms with E-state index in [1.54, 1.807) is 18.5 Å². The number of hydrogen-bond donors (Lipinski definition) is 1. The Balaban J connectivity index is 2.24. The van der Waals surface area contributed by atoms with Crippen molar-refractivity contribution in [1.82, 2.24) is 9.97 Å². The van der Waals surface area contributed by atoms with Gasteiger partial charge in [0.15, 0.2) is 0 Å². The largest absolute Gasteiger partial charge is 0.465 e. The number of methoxy groups -OCH3 is 1. The van der Waals surface area contributed by atoms with E-state index in [4.69, 9.17) is 0 Å². The molecule has 1 aromatic carbocycles. The first-order valence-electron chi connectivity index (χ1n) is 6.45. The molecule has 0 saturated heterocycles. The molecule has 1 unspecified atom stereocenters. The van der Waals surface area contributed by atoms with Crippen molar-refractivity contribution in [2.75, 3.05) is 12.4 Å². The third-order valence-corrected chi connectivity index (χ3v) is 3.08. The summed E-state index contributed by atoms with van der Waals surface area (Å²) in [6.07, 6.45) is 3.24. The molecule has 0 amide bonds. The number of nitrogens with one attached hydrogen (secondary N) is 1. The Morgan fingerprint density at radius 2 is 2.05 bits per heavy atom. The summed E-state index contributed by atoms with van der Waals surface area (Å²) in [5, 5.41) is 3.17. The number of nitrogens with zero attached hydrogens (tertiary/aromatic N) is 2. The lowest BCUT2D eigenvalue weighted by molar-refractivity contribution is 0.0595. The van der Waals surface area contributed by atoms with Gasteiger partial charge >= 0.3 is 5.97 Å². The fourth-order valence-corrected chi connectivity index (χ4v) is 2.04. The van der Waals surface area contributed by atoms with E-state index >= 15 is 0 Å². The number of anilines is 1. The van der Waals surface area contributed by atoms with Gasteiger partial charge in [0, 0.05) is 18.1 Å². The summed E-state index contributed by atoms with van der Waals surface area (Å²) in [7, 11) is 1.22. The third kappa shape index (κ3) is 3.34. The fraction of sp³-hybridized carbons (Fsp3) is 0.267. The third-order valence-electron chi connectivity index (χ3n) is 3.08. The monoisotopic (exact) mass is 289 g/mol. The second kappa shape index (κ2) is 6.30. The molecule has 110 valence electrons. The van der Waals surface area contributed by atoms with Crippen molar-refractivity contribution in [3.8, 4) is 0 Å². The molecule has 0 fully saturated rings. The van der Waals surface area contributed by atoms with Crippen LogP contribution in [-0.4, -0.2) is 23.0 Å². The van der Waals surface area contributed by atoms with Crippen LogP contribution in [0.25, 0.3) is 0 Å². The van der Waals surface area contributed by atoms with E-state index in [2.05, 4.69) is 20.0 Å². The zero-order chi connectivity index (χ0) is 15.4. The molecule has 2 aromatic rings. The van der Waals surface area contributed by atoms with E-state index in [0.29, 0.717) is 5.69 Å². The van der Waals surface area contributed by atoms with Crippen LogP contribution in [0.2, 0.25) is 0 Å². The van der Waals surface area contributed by atoms with Gasteiger partial charge in [0.25, 0.3) is 0 Å². The average Bonchev–Trinajstić information content (AvgIpc) is 2.48. The van der Waals surface area contributed by atoms with Crippen LogP contribution >= 0.6 is 0 Å². The maximum Gasteiger partial charge on any atom is 0.340 e. The van der Waals surface area contributed by atoms with Gasteiger partial charge < -0.3 is 10.1 Å². The van der Waals surface area contributed by atoms with Gasteiger partial charge in [0.05, 0.1) is 30.1 Å². The van der Waals surface area contributed by atoms with Crippen molar-refractivity contribution < 1.29 is 13.9 Å². The molecular weight excluding hydrogens is 273 g/mol. The number of rotatable bonds is 4. The minimum Gasteiger partial charge on any atom is -0.465 e. The number of aromatic nitrogens is 2. The molecule has 0 aliphatic heterocycles. The summed E-state index contributed by atoms with van der Waals surface area (Å²) in [6.45, 7) is 3.78. The fourth-order valence-electron chi connectivity index (χ4n) is 2.04. The highest BCUT2D eigenvalue weighted by Gasteiger charge is 2.15. The lowest BCUT2D eigenvalue weighted by Crippen LogP contribution is -2.12. The van der Waals surface area contributed by atoms with Crippen LogP contribution in [0.3, 0.4) is 0 Å². The van der Waals surface area contributed by atoms with Gasteiger partial charge in [-0.15, -0.1) is 0 Å². The van der Waals surface area contributed by atoms with Crippen molar-refractivity contribution in [2.45, 2.75) is 19.9 Å². The molecule has 5 nitrogen and oxygen atoms in total. The lowest BCUT2D eigenvalue weighted by Gasteiger charge is -2.16. The normalized spacial score (nSPS) is 11.8. The summed E-state index contributed by atoms with van der Waals surface area (Å²) in [5.41, 5.74) is 2.11. The van der Waals surface area contributed by atoms with Crippen molar-refractivity contribution in [3.63, 3.8) is 0 Å². The van der Waals surface area contributed by atoms with Crippen LogP contribution in [0.1, 0.15) is 34.7 Å². The zero-order valence-electron chi connectivity index (χ0n) is 12.1. The number of hydrogen-bond acceptors (Lipinski definition) is 5. The van der Waals surface area contributed by atoms with Crippen LogP contribution in [0.4, 0.5) is 10.1 Å². The van der Waals surface area contributed by atoms with Gasteiger partial charge in [0.1, 0.15) is 5.82 Å². The van der Waals surface area contributed by atoms with Crippen molar-refractivity contribution in [3.05, 3.63) is 53.4 Å². The summed E-state index contributed by atoms with van der Waals surface area (Å²) in [6, 6.07) is 4.08. The quantitative estimate of drug-likeness (QED) is 0.877. The molecule has 0 bridgehead atoms. The van der Waals surface area contributed by atoms with Gasteiger partial charge in [-0.3, -0.25) is 9.97 Å². The highest BCUT2D eigenvalue weighted by molar-refractivity contribution is 5.90. The first-order valence-corrected chi connectivity index (χ1v) is 6.45. The van der Waals surface area contributed by atoms with Crippen LogP contribution in [-0.2, 0) is 4.74 Å². The molecule has 0 aliphatic rings. The number of benzene rings is 1. The number of carbonyl (C=O) groups is 1. The van der Waals surface area contributed by atoms with Crippen LogP contribution in [0.5, 0.6) is 0 Å². The summed E-state index contributed by atoms with van der Waals surface area (Å²) < 4.78 is 18.1. The van der Waals surface area contributed by atoms with Gasteiger partial charge in [-0.1, -0.05) is 0 Å². The zero-order valence-corrected chi connectivity index (χ0v) is 12.1. The predicted octanol–water partition coefficient (Wildman–Crippen LogP) is 2.88. The second-order valence-corrected chi connectivity index (χ2v) is 4.58. The molecule has 21 heavy (non-hydrogen) atoms. The van der Waals surface area contributed by atoms with E-state index < -0.39 is 11.8 Å². The highest BCUT2D eigenvalue weighted by Crippen LogP contribution is 2.21. The number of aryl methyl sites for hydroxylation is 1. The first-order chi connectivity index (χ1) is 10.0. The average molecular weight is 289 g/mol. The van der Waals surface area contributed by atoms with E-state index in [-0.39, 0.29) is 11.6 Å². The first kappa shape index (κ1) is 14.9.